The van der Waals surface area contributed by atoms with E-state index >= 15 is 0 Å². The van der Waals surface area contributed by atoms with Gasteiger partial charge in [-0.25, -0.2) is 4.39 Å². The van der Waals surface area contributed by atoms with Gasteiger partial charge in [-0.3, -0.25) is 4.90 Å². The largest absolute Gasteiger partial charge is 0.326 e. The molecule has 3 nitrogen and oxygen atoms in total. The molecule has 112 valence electrons. The molecule has 4 heteroatoms. The van der Waals surface area contributed by atoms with Crippen LogP contribution >= 0.6 is 0 Å². The van der Waals surface area contributed by atoms with E-state index < -0.39 is 0 Å². The second-order valence-corrected chi connectivity index (χ2v) is 5.94. The molecule has 2 rings (SSSR count). The minimum Gasteiger partial charge on any atom is -0.326 e. The number of halogens is 1. The fourth-order valence-electron chi connectivity index (χ4n) is 3.08. The lowest BCUT2D eigenvalue weighted by molar-refractivity contribution is 0.186. The SMILES string of the molecule is CCC(N)C(c1ccccc1F)N1CCC(N(C)C)C1. The Hall–Kier alpha value is -0.970. The molecule has 0 saturated carbocycles. The maximum absolute atomic E-state index is 14.2. The van der Waals surface area contributed by atoms with E-state index in [2.05, 4.69) is 30.8 Å². The van der Waals surface area contributed by atoms with Crippen molar-refractivity contribution in [2.24, 2.45) is 5.73 Å². The molecule has 3 atom stereocenters. The number of likely N-dealkylation sites (N-methyl/N-ethyl adjacent to an activating group) is 1. The third-order valence-corrected chi connectivity index (χ3v) is 4.42. The first-order chi connectivity index (χ1) is 9.54. The van der Waals surface area contributed by atoms with Gasteiger partial charge in [-0.15, -0.1) is 0 Å². The normalized spacial score (nSPS) is 23.2. The molecule has 0 radical (unpaired) electrons. The molecule has 2 N–H and O–H groups in total. The van der Waals surface area contributed by atoms with Gasteiger partial charge in [0.15, 0.2) is 0 Å². The molecule has 1 heterocycles. The minimum atomic E-state index is -0.144. The van der Waals surface area contributed by atoms with Gasteiger partial charge in [0.1, 0.15) is 5.82 Å². The summed E-state index contributed by atoms with van der Waals surface area (Å²) in [6.07, 6.45) is 1.97. The van der Waals surface area contributed by atoms with Crippen LogP contribution in [0.2, 0.25) is 0 Å². The van der Waals surface area contributed by atoms with Gasteiger partial charge in [0, 0.05) is 30.7 Å². The third-order valence-electron chi connectivity index (χ3n) is 4.42. The summed E-state index contributed by atoms with van der Waals surface area (Å²) in [7, 11) is 4.21. The van der Waals surface area contributed by atoms with Crippen molar-refractivity contribution >= 4 is 0 Å². The van der Waals surface area contributed by atoms with Gasteiger partial charge in [0.25, 0.3) is 0 Å². The number of hydrogen-bond donors (Lipinski definition) is 1. The van der Waals surface area contributed by atoms with Crippen LogP contribution in [0.3, 0.4) is 0 Å². The molecule has 3 unspecified atom stereocenters. The molecule has 0 bridgehead atoms. The second-order valence-electron chi connectivity index (χ2n) is 5.94. The number of likely N-dealkylation sites (tertiary alicyclic amines) is 1. The van der Waals surface area contributed by atoms with Crippen molar-refractivity contribution in [3.05, 3.63) is 35.6 Å². The van der Waals surface area contributed by atoms with Gasteiger partial charge in [0.05, 0.1) is 6.04 Å². The molecule has 1 aliphatic rings. The van der Waals surface area contributed by atoms with Crippen molar-refractivity contribution in [2.75, 3.05) is 27.2 Å². The van der Waals surface area contributed by atoms with Crippen LogP contribution in [0.15, 0.2) is 24.3 Å². The van der Waals surface area contributed by atoms with Crippen LogP contribution in [-0.2, 0) is 0 Å². The molecule has 1 saturated heterocycles. The predicted octanol–water partition coefficient (Wildman–Crippen LogP) is 2.24. The molecular formula is C16H26FN3. The van der Waals surface area contributed by atoms with Gasteiger partial charge in [-0.1, -0.05) is 25.1 Å². The van der Waals surface area contributed by atoms with E-state index in [9.17, 15) is 4.39 Å². The van der Waals surface area contributed by atoms with Crippen LogP contribution in [0, 0.1) is 5.82 Å². The van der Waals surface area contributed by atoms with Gasteiger partial charge >= 0.3 is 0 Å². The van der Waals surface area contributed by atoms with E-state index in [1.807, 2.05) is 12.1 Å². The maximum Gasteiger partial charge on any atom is 0.128 e. The van der Waals surface area contributed by atoms with Crippen molar-refractivity contribution in [1.29, 1.82) is 0 Å². The highest BCUT2D eigenvalue weighted by Gasteiger charge is 2.34. The first-order valence-electron chi connectivity index (χ1n) is 7.45. The lowest BCUT2D eigenvalue weighted by atomic mass is 9.96. The van der Waals surface area contributed by atoms with Crippen molar-refractivity contribution < 1.29 is 4.39 Å². The van der Waals surface area contributed by atoms with E-state index in [1.165, 1.54) is 6.07 Å². The summed E-state index contributed by atoms with van der Waals surface area (Å²) >= 11 is 0. The number of benzene rings is 1. The van der Waals surface area contributed by atoms with Crippen LogP contribution < -0.4 is 5.73 Å². The molecule has 0 aromatic heterocycles. The monoisotopic (exact) mass is 279 g/mol. The molecule has 1 fully saturated rings. The standard InChI is InChI=1S/C16H26FN3/c1-4-15(18)16(13-7-5-6-8-14(13)17)20-10-9-12(11-20)19(2)3/h5-8,12,15-16H,4,9-11,18H2,1-3H3. The number of rotatable bonds is 5. The highest BCUT2D eigenvalue weighted by atomic mass is 19.1. The fourth-order valence-corrected chi connectivity index (χ4v) is 3.08. The maximum atomic E-state index is 14.2. The molecule has 0 amide bonds. The second kappa shape index (κ2) is 6.66. The van der Waals surface area contributed by atoms with E-state index in [4.69, 9.17) is 5.73 Å². The Labute approximate surface area is 121 Å². The van der Waals surface area contributed by atoms with Crippen molar-refractivity contribution in [1.82, 2.24) is 9.80 Å². The summed E-state index contributed by atoms with van der Waals surface area (Å²) in [5.41, 5.74) is 7.03. The fraction of sp³-hybridized carbons (Fsp3) is 0.625. The molecule has 1 aliphatic heterocycles. The Morgan fingerprint density at radius 3 is 2.65 bits per heavy atom. The summed E-state index contributed by atoms with van der Waals surface area (Å²) in [4.78, 5) is 4.59. The number of nitrogens with zero attached hydrogens (tertiary/aromatic N) is 2. The zero-order valence-corrected chi connectivity index (χ0v) is 12.7. The van der Waals surface area contributed by atoms with Gasteiger partial charge in [-0.05, 0) is 33.0 Å². The summed E-state index contributed by atoms with van der Waals surface area (Å²) in [6, 6.07) is 7.52. The van der Waals surface area contributed by atoms with Crippen LogP contribution in [0.5, 0.6) is 0 Å². The quantitative estimate of drug-likeness (QED) is 0.897. The highest BCUT2D eigenvalue weighted by Crippen LogP contribution is 2.31. The van der Waals surface area contributed by atoms with E-state index in [1.54, 1.807) is 6.07 Å². The summed E-state index contributed by atoms with van der Waals surface area (Å²) < 4.78 is 14.2. The minimum absolute atomic E-state index is 0.0221. The van der Waals surface area contributed by atoms with Crippen molar-refractivity contribution in [3.63, 3.8) is 0 Å². The molecule has 20 heavy (non-hydrogen) atoms. The van der Waals surface area contributed by atoms with Crippen LogP contribution in [0.25, 0.3) is 0 Å². The van der Waals surface area contributed by atoms with Crippen molar-refractivity contribution in [2.45, 2.75) is 37.9 Å². The molecule has 0 spiro atoms. The molecule has 1 aromatic carbocycles. The number of hydrogen-bond acceptors (Lipinski definition) is 3. The van der Waals surface area contributed by atoms with Gasteiger partial charge in [-0.2, -0.15) is 0 Å². The average Bonchev–Trinajstić information content (AvgIpc) is 2.90. The number of nitrogens with two attached hydrogens (primary N) is 1. The average molecular weight is 279 g/mol. The summed E-state index contributed by atoms with van der Waals surface area (Å²) in [6.45, 7) is 4.01. The Bertz CT molecular complexity index is 435. The molecular weight excluding hydrogens is 253 g/mol. The van der Waals surface area contributed by atoms with Crippen LogP contribution in [0.1, 0.15) is 31.4 Å². The Balaban J connectivity index is 2.24. The lowest BCUT2D eigenvalue weighted by Crippen LogP contribution is -2.41. The van der Waals surface area contributed by atoms with Crippen molar-refractivity contribution in [3.8, 4) is 0 Å². The highest BCUT2D eigenvalue weighted by molar-refractivity contribution is 5.23. The first kappa shape index (κ1) is 15.4. The smallest absolute Gasteiger partial charge is 0.128 e. The Morgan fingerprint density at radius 2 is 2.10 bits per heavy atom. The van der Waals surface area contributed by atoms with E-state index in [0.717, 1.165) is 31.5 Å². The van der Waals surface area contributed by atoms with E-state index in [0.29, 0.717) is 6.04 Å². The Morgan fingerprint density at radius 1 is 1.40 bits per heavy atom. The lowest BCUT2D eigenvalue weighted by Gasteiger charge is -2.33. The van der Waals surface area contributed by atoms with Gasteiger partial charge < -0.3 is 10.6 Å². The van der Waals surface area contributed by atoms with Crippen LogP contribution in [-0.4, -0.2) is 49.1 Å². The first-order valence-corrected chi connectivity index (χ1v) is 7.45. The van der Waals surface area contributed by atoms with Crippen LogP contribution in [0.4, 0.5) is 4.39 Å². The molecule has 0 aliphatic carbocycles. The zero-order chi connectivity index (χ0) is 14.7. The summed E-state index contributed by atoms with van der Waals surface area (Å²) in [5, 5.41) is 0. The van der Waals surface area contributed by atoms with E-state index in [-0.39, 0.29) is 17.9 Å². The van der Waals surface area contributed by atoms with Gasteiger partial charge in [0.2, 0.25) is 0 Å². The third kappa shape index (κ3) is 3.19. The predicted molar refractivity (Wildman–Crippen MR) is 81.1 cm³/mol. The topological polar surface area (TPSA) is 32.5 Å². The Kier molecular flexibility index (Phi) is 5.13. The summed E-state index contributed by atoms with van der Waals surface area (Å²) in [5.74, 6) is -0.144. The molecule has 1 aromatic rings. The zero-order valence-electron chi connectivity index (χ0n) is 12.7.